The van der Waals surface area contributed by atoms with Gasteiger partial charge < -0.3 is 15.0 Å². The van der Waals surface area contributed by atoms with Crippen LogP contribution in [0.15, 0.2) is 0 Å². The molecule has 1 N–H and O–H groups in total. The van der Waals surface area contributed by atoms with E-state index >= 15 is 0 Å². The molecule has 1 heterocycles. The molecule has 0 bridgehead atoms. The van der Waals surface area contributed by atoms with Crippen molar-refractivity contribution in [3.63, 3.8) is 0 Å². The van der Waals surface area contributed by atoms with Crippen LogP contribution in [0.3, 0.4) is 0 Å². The largest absolute Gasteiger partial charge is 0.378 e. The Morgan fingerprint density at radius 2 is 2.28 bits per heavy atom. The zero-order valence-corrected chi connectivity index (χ0v) is 12.3. The molecule has 5 heteroatoms. The average molecular weight is 269 g/mol. The summed E-state index contributed by atoms with van der Waals surface area (Å²) >= 11 is 1.78. The molecular weight excluding hydrogens is 246 g/mol. The summed E-state index contributed by atoms with van der Waals surface area (Å²) in [6, 6.07) is 0. The highest BCUT2D eigenvalue weighted by Gasteiger charge is 2.21. The second-order valence-electron chi connectivity index (χ2n) is 5.01. The summed E-state index contributed by atoms with van der Waals surface area (Å²) in [5.41, 5.74) is 1.08. The predicted octanol–water partition coefficient (Wildman–Crippen LogP) is 2.25. The first-order chi connectivity index (χ1) is 8.74. The molecule has 0 radical (unpaired) electrons. The smallest absolute Gasteiger partial charge is 0.185 e. The van der Waals surface area contributed by atoms with Crippen LogP contribution in [0, 0.1) is 5.92 Å². The first-order valence-corrected chi connectivity index (χ1v) is 7.39. The van der Waals surface area contributed by atoms with Crippen molar-refractivity contribution in [3.05, 3.63) is 10.6 Å². The molecule has 2 rings (SSSR count). The molecule has 0 amide bonds. The van der Waals surface area contributed by atoms with Crippen molar-refractivity contribution in [2.75, 3.05) is 32.6 Å². The number of anilines is 1. The number of hydrogen-bond acceptors (Lipinski definition) is 5. The number of nitrogens with one attached hydrogen (secondary N) is 1. The zero-order valence-electron chi connectivity index (χ0n) is 11.5. The Morgan fingerprint density at radius 1 is 1.50 bits per heavy atom. The van der Waals surface area contributed by atoms with E-state index in [0.717, 1.165) is 29.8 Å². The Kier molecular flexibility index (Phi) is 4.97. The summed E-state index contributed by atoms with van der Waals surface area (Å²) < 4.78 is 5.22. The Hall–Kier alpha value is -0.650. The van der Waals surface area contributed by atoms with Crippen LogP contribution in [-0.4, -0.2) is 32.7 Å². The molecule has 18 heavy (non-hydrogen) atoms. The molecule has 0 spiro atoms. The molecule has 1 aliphatic carbocycles. The summed E-state index contributed by atoms with van der Waals surface area (Å²) in [5, 5.41) is 4.32. The second kappa shape index (κ2) is 6.50. The number of aromatic nitrogens is 1. The first-order valence-electron chi connectivity index (χ1n) is 6.57. The molecule has 0 unspecified atom stereocenters. The maximum absolute atomic E-state index is 5.22. The number of nitrogens with zero attached hydrogens (tertiary/aromatic N) is 2. The van der Waals surface area contributed by atoms with Gasteiger partial charge in [-0.1, -0.05) is 6.42 Å². The lowest BCUT2D eigenvalue weighted by molar-refractivity contribution is 0.181. The fraction of sp³-hybridized carbons (Fsp3) is 0.769. The van der Waals surface area contributed by atoms with Gasteiger partial charge in [-0.2, -0.15) is 0 Å². The van der Waals surface area contributed by atoms with Gasteiger partial charge in [0.15, 0.2) is 5.13 Å². The molecule has 4 nitrogen and oxygen atoms in total. The van der Waals surface area contributed by atoms with Crippen LogP contribution in [0.1, 0.15) is 29.8 Å². The minimum atomic E-state index is 0.602. The standard InChI is InChI=1S/C13H23N3OS/c1-14-7-12-11(9-17-3)15-13(18-12)16(2)8-10-5-4-6-10/h10,14H,4-9H2,1-3H3. The van der Waals surface area contributed by atoms with Crippen molar-refractivity contribution in [1.29, 1.82) is 0 Å². The lowest BCUT2D eigenvalue weighted by Gasteiger charge is -2.29. The Balaban J connectivity index is 2.03. The third kappa shape index (κ3) is 3.22. The van der Waals surface area contributed by atoms with Gasteiger partial charge in [-0.25, -0.2) is 4.98 Å². The third-order valence-electron chi connectivity index (χ3n) is 3.47. The highest BCUT2D eigenvalue weighted by Crippen LogP contribution is 2.31. The van der Waals surface area contributed by atoms with Crippen LogP contribution in [0.25, 0.3) is 0 Å². The quantitative estimate of drug-likeness (QED) is 0.824. The molecular formula is C13H23N3OS. The lowest BCUT2D eigenvalue weighted by Crippen LogP contribution is -2.29. The van der Waals surface area contributed by atoms with E-state index in [1.807, 2.05) is 7.05 Å². The van der Waals surface area contributed by atoms with Crippen LogP contribution in [0.2, 0.25) is 0 Å². The fourth-order valence-electron chi connectivity index (χ4n) is 2.22. The molecule has 1 fully saturated rings. The monoisotopic (exact) mass is 269 g/mol. The summed E-state index contributed by atoms with van der Waals surface area (Å²) in [6.07, 6.45) is 4.16. The Morgan fingerprint density at radius 3 is 2.83 bits per heavy atom. The van der Waals surface area contributed by atoms with Crippen molar-refractivity contribution in [2.24, 2.45) is 5.92 Å². The SMILES string of the molecule is CNCc1sc(N(C)CC2CCC2)nc1COC. The molecule has 0 aromatic carbocycles. The topological polar surface area (TPSA) is 37.4 Å². The summed E-state index contributed by atoms with van der Waals surface area (Å²) in [6.45, 7) is 2.61. The number of rotatable bonds is 7. The van der Waals surface area contributed by atoms with Gasteiger partial charge in [0.2, 0.25) is 0 Å². The molecule has 0 saturated heterocycles. The van der Waals surface area contributed by atoms with Gasteiger partial charge >= 0.3 is 0 Å². The van der Waals surface area contributed by atoms with Crippen molar-refractivity contribution in [2.45, 2.75) is 32.4 Å². The molecule has 0 atom stereocenters. The molecule has 102 valence electrons. The minimum Gasteiger partial charge on any atom is -0.378 e. The zero-order chi connectivity index (χ0) is 13.0. The highest BCUT2D eigenvalue weighted by molar-refractivity contribution is 7.15. The fourth-order valence-corrected chi connectivity index (χ4v) is 3.27. The summed E-state index contributed by atoms with van der Waals surface area (Å²) in [4.78, 5) is 8.29. The summed E-state index contributed by atoms with van der Waals surface area (Å²) in [7, 11) is 5.84. The number of methoxy groups -OCH3 is 1. The van der Waals surface area contributed by atoms with Gasteiger partial charge in [0.05, 0.1) is 12.3 Å². The number of ether oxygens (including phenoxy) is 1. The van der Waals surface area contributed by atoms with Gasteiger partial charge in [0.1, 0.15) is 0 Å². The van der Waals surface area contributed by atoms with E-state index in [2.05, 4.69) is 17.3 Å². The van der Waals surface area contributed by atoms with E-state index in [9.17, 15) is 0 Å². The molecule has 0 aliphatic heterocycles. The van der Waals surface area contributed by atoms with Gasteiger partial charge in [-0.05, 0) is 25.8 Å². The Labute approximate surface area is 113 Å². The van der Waals surface area contributed by atoms with E-state index in [0.29, 0.717) is 6.61 Å². The van der Waals surface area contributed by atoms with Crippen molar-refractivity contribution in [1.82, 2.24) is 10.3 Å². The van der Waals surface area contributed by atoms with Crippen molar-refractivity contribution < 1.29 is 4.74 Å². The average Bonchev–Trinajstić information content (AvgIpc) is 2.68. The lowest BCUT2D eigenvalue weighted by atomic mass is 9.85. The predicted molar refractivity (Wildman–Crippen MR) is 76.2 cm³/mol. The van der Waals surface area contributed by atoms with E-state index in [4.69, 9.17) is 9.72 Å². The molecule has 1 aromatic heterocycles. The Bertz CT molecular complexity index is 353. The van der Waals surface area contributed by atoms with E-state index in [-0.39, 0.29) is 0 Å². The summed E-state index contributed by atoms with van der Waals surface area (Å²) in [5.74, 6) is 0.873. The highest BCUT2D eigenvalue weighted by atomic mass is 32.1. The second-order valence-corrected chi connectivity index (χ2v) is 6.07. The van der Waals surface area contributed by atoms with E-state index < -0.39 is 0 Å². The van der Waals surface area contributed by atoms with Crippen molar-refractivity contribution in [3.8, 4) is 0 Å². The molecule has 1 aromatic rings. The van der Waals surface area contributed by atoms with Crippen LogP contribution < -0.4 is 10.2 Å². The van der Waals surface area contributed by atoms with Crippen molar-refractivity contribution >= 4 is 16.5 Å². The number of hydrogen-bond donors (Lipinski definition) is 1. The van der Waals surface area contributed by atoms with E-state index in [1.54, 1.807) is 18.4 Å². The first kappa shape index (κ1) is 13.8. The third-order valence-corrected chi connectivity index (χ3v) is 4.68. The molecule has 1 aliphatic rings. The van der Waals surface area contributed by atoms with Gasteiger partial charge in [0, 0.05) is 32.1 Å². The molecule has 1 saturated carbocycles. The van der Waals surface area contributed by atoms with Crippen LogP contribution in [-0.2, 0) is 17.9 Å². The van der Waals surface area contributed by atoms with Gasteiger partial charge in [-0.15, -0.1) is 11.3 Å². The maximum atomic E-state index is 5.22. The number of thiazole rings is 1. The normalized spacial score (nSPS) is 15.7. The van der Waals surface area contributed by atoms with Crippen LogP contribution >= 0.6 is 11.3 Å². The van der Waals surface area contributed by atoms with Crippen LogP contribution in [0.5, 0.6) is 0 Å². The maximum Gasteiger partial charge on any atom is 0.185 e. The minimum absolute atomic E-state index is 0.602. The van der Waals surface area contributed by atoms with Crippen LogP contribution in [0.4, 0.5) is 5.13 Å². The van der Waals surface area contributed by atoms with Gasteiger partial charge in [-0.3, -0.25) is 0 Å². The van der Waals surface area contributed by atoms with Gasteiger partial charge in [0.25, 0.3) is 0 Å². The van der Waals surface area contributed by atoms with E-state index in [1.165, 1.54) is 24.1 Å².